The fourth-order valence-corrected chi connectivity index (χ4v) is 3.60. The number of nitrogens with two attached hydrogens (primary N) is 1. The van der Waals surface area contributed by atoms with Crippen molar-refractivity contribution in [2.75, 3.05) is 12.3 Å². The van der Waals surface area contributed by atoms with Crippen LogP contribution in [0, 0.1) is 5.92 Å². The van der Waals surface area contributed by atoms with Crippen molar-refractivity contribution in [3.05, 3.63) is 0 Å². The summed E-state index contributed by atoms with van der Waals surface area (Å²) in [5, 5.41) is 10.00. The standard InChI is InChI=1S/C17H28N2O6S/c1-10(9-26)13(21)19(15(24)25-16(3,4)5)8-6-7-17(19,14(22)23)12(20)11(2)18/h10-11H,6-9,18H2,1-5H3,(H-,22,23,26)/p+1/t10?,11?,17-,19?/m0/s1. The Bertz CT molecular complexity index is 615. The first-order chi connectivity index (χ1) is 11.8. The lowest BCUT2D eigenvalue weighted by Gasteiger charge is -2.41. The predicted octanol–water partition coefficient (Wildman–Crippen LogP) is 1.36. The zero-order valence-electron chi connectivity index (χ0n) is 15.9. The molecule has 8 nitrogen and oxygen atoms in total. The molecule has 0 aliphatic carbocycles. The van der Waals surface area contributed by atoms with Crippen LogP contribution >= 0.6 is 12.6 Å². The molecule has 0 bridgehead atoms. The molecular formula is C17H29N2O6S+. The third kappa shape index (κ3) is 3.52. The number of thiol groups is 1. The van der Waals surface area contributed by atoms with Crippen LogP contribution in [0.15, 0.2) is 0 Å². The molecule has 1 heterocycles. The average molecular weight is 389 g/mol. The number of aliphatic carboxylic acids is 1. The number of amides is 2. The van der Waals surface area contributed by atoms with E-state index in [0.717, 1.165) is 0 Å². The third-order valence-electron chi connectivity index (χ3n) is 4.64. The molecule has 1 aliphatic heterocycles. The molecule has 2 amide bonds. The van der Waals surface area contributed by atoms with Gasteiger partial charge in [0.1, 0.15) is 5.60 Å². The highest BCUT2D eigenvalue weighted by atomic mass is 32.1. The van der Waals surface area contributed by atoms with Crippen molar-refractivity contribution in [1.29, 1.82) is 0 Å². The largest absolute Gasteiger partial charge is 0.525 e. The zero-order valence-corrected chi connectivity index (χ0v) is 16.8. The molecule has 3 N–H and O–H groups in total. The lowest BCUT2D eigenvalue weighted by molar-refractivity contribution is -0.805. The maximum absolute atomic E-state index is 13.2. The molecular weight excluding hydrogens is 360 g/mol. The van der Waals surface area contributed by atoms with Gasteiger partial charge in [-0.05, 0) is 34.6 Å². The lowest BCUT2D eigenvalue weighted by atomic mass is 9.84. The molecule has 0 aromatic heterocycles. The highest BCUT2D eigenvalue weighted by Gasteiger charge is 2.74. The van der Waals surface area contributed by atoms with Crippen LogP contribution < -0.4 is 5.73 Å². The van der Waals surface area contributed by atoms with Crippen molar-refractivity contribution < 1.29 is 33.5 Å². The van der Waals surface area contributed by atoms with Gasteiger partial charge < -0.3 is 15.6 Å². The van der Waals surface area contributed by atoms with Crippen LogP contribution in [0.1, 0.15) is 47.5 Å². The number of quaternary nitrogens is 1. The number of carboxylic acid groups (broad SMARTS) is 1. The number of ether oxygens (including phenoxy) is 1. The Morgan fingerprint density at radius 1 is 1.27 bits per heavy atom. The summed E-state index contributed by atoms with van der Waals surface area (Å²) >= 11 is 4.10. The molecule has 4 atom stereocenters. The monoisotopic (exact) mass is 389 g/mol. The predicted molar refractivity (Wildman–Crippen MR) is 97.6 cm³/mol. The molecule has 1 aliphatic rings. The van der Waals surface area contributed by atoms with Crippen LogP contribution in [-0.2, 0) is 19.1 Å². The van der Waals surface area contributed by atoms with Crippen LogP contribution in [0.25, 0.3) is 0 Å². The number of carbonyl (C=O) groups excluding carboxylic acids is 3. The Morgan fingerprint density at radius 2 is 1.81 bits per heavy atom. The fraction of sp³-hybridized carbons (Fsp3) is 0.765. The number of ketones is 1. The summed E-state index contributed by atoms with van der Waals surface area (Å²) in [5.41, 5.74) is 2.45. The van der Waals surface area contributed by atoms with Gasteiger partial charge in [0.25, 0.3) is 5.54 Å². The summed E-state index contributed by atoms with van der Waals surface area (Å²) in [6, 6.07) is -1.15. The van der Waals surface area contributed by atoms with Gasteiger partial charge in [-0.1, -0.05) is 0 Å². The smallest absolute Gasteiger partial charge is 0.476 e. The van der Waals surface area contributed by atoms with Gasteiger partial charge in [-0.15, -0.1) is 4.48 Å². The van der Waals surface area contributed by atoms with Crippen molar-refractivity contribution in [2.24, 2.45) is 11.7 Å². The highest BCUT2D eigenvalue weighted by molar-refractivity contribution is 7.80. The minimum atomic E-state index is -2.29. The number of nitrogens with zero attached hydrogens (tertiary/aromatic N) is 1. The molecule has 0 radical (unpaired) electrons. The van der Waals surface area contributed by atoms with Crippen molar-refractivity contribution >= 4 is 36.4 Å². The Kier molecular flexibility index (Phi) is 6.65. The van der Waals surface area contributed by atoms with Crippen LogP contribution in [-0.4, -0.2) is 62.8 Å². The van der Waals surface area contributed by atoms with E-state index < -0.39 is 51.3 Å². The number of hydrogen-bond acceptors (Lipinski definition) is 7. The number of hydrogen-bond donors (Lipinski definition) is 3. The number of likely N-dealkylation sites (tertiary alicyclic amines) is 1. The van der Waals surface area contributed by atoms with Gasteiger partial charge in [0.05, 0.1) is 18.5 Å². The van der Waals surface area contributed by atoms with Crippen molar-refractivity contribution in [3.63, 3.8) is 0 Å². The van der Waals surface area contributed by atoms with Crippen LogP contribution in [0.4, 0.5) is 4.79 Å². The van der Waals surface area contributed by atoms with Gasteiger partial charge in [-0.2, -0.15) is 17.4 Å². The van der Waals surface area contributed by atoms with Gasteiger partial charge in [-0.3, -0.25) is 4.79 Å². The SMILES string of the molecule is CC(N)C(=O)[C@]1(C(=O)O)CCC[N+]1(C(=O)OC(C)(C)C)C(=O)C(C)CS. The van der Waals surface area contributed by atoms with E-state index in [1.165, 1.54) is 6.92 Å². The molecule has 148 valence electrons. The second-order valence-electron chi connectivity index (χ2n) is 7.86. The van der Waals surface area contributed by atoms with Crippen molar-refractivity contribution in [2.45, 2.75) is 64.6 Å². The molecule has 1 saturated heterocycles. The van der Waals surface area contributed by atoms with Crippen molar-refractivity contribution in [1.82, 2.24) is 0 Å². The van der Waals surface area contributed by atoms with Gasteiger partial charge in [-0.25, -0.2) is 9.59 Å². The van der Waals surface area contributed by atoms with E-state index in [2.05, 4.69) is 12.6 Å². The number of Topliss-reactive ketones (excluding diaryl/α,β-unsaturated/α-hetero) is 1. The quantitative estimate of drug-likeness (QED) is 0.368. The normalized spacial score (nSPS) is 28.3. The third-order valence-corrected chi connectivity index (χ3v) is 5.18. The Morgan fingerprint density at radius 3 is 2.19 bits per heavy atom. The van der Waals surface area contributed by atoms with E-state index in [-0.39, 0.29) is 25.1 Å². The van der Waals surface area contributed by atoms with E-state index in [0.29, 0.717) is 0 Å². The summed E-state index contributed by atoms with van der Waals surface area (Å²) < 4.78 is 4.20. The van der Waals surface area contributed by atoms with Gasteiger partial charge in [0.15, 0.2) is 0 Å². The second-order valence-corrected chi connectivity index (χ2v) is 8.22. The second kappa shape index (κ2) is 7.66. The number of rotatable bonds is 5. The first-order valence-corrected chi connectivity index (χ1v) is 9.21. The zero-order chi connectivity index (χ0) is 20.5. The highest BCUT2D eigenvalue weighted by Crippen LogP contribution is 2.42. The van der Waals surface area contributed by atoms with Crippen molar-refractivity contribution in [3.8, 4) is 0 Å². The maximum atomic E-state index is 13.2. The lowest BCUT2D eigenvalue weighted by Crippen LogP contribution is -2.76. The molecule has 0 aromatic carbocycles. The molecule has 0 aromatic rings. The van der Waals surface area contributed by atoms with E-state index in [4.69, 9.17) is 10.5 Å². The van der Waals surface area contributed by atoms with E-state index >= 15 is 0 Å². The first kappa shape index (κ1) is 22.6. The Balaban J connectivity index is 3.75. The summed E-state index contributed by atoms with van der Waals surface area (Å²) in [7, 11) is 0. The topological polar surface area (TPSA) is 124 Å². The maximum Gasteiger partial charge on any atom is 0.525 e. The van der Waals surface area contributed by atoms with E-state index in [1.54, 1.807) is 27.7 Å². The Labute approximate surface area is 159 Å². The van der Waals surface area contributed by atoms with Crippen LogP contribution in [0.2, 0.25) is 0 Å². The van der Waals surface area contributed by atoms with Crippen LogP contribution in [0.3, 0.4) is 0 Å². The molecule has 1 rings (SSSR count). The molecule has 0 saturated carbocycles. The van der Waals surface area contributed by atoms with E-state index in [9.17, 15) is 24.3 Å². The molecule has 3 unspecified atom stereocenters. The number of carboxylic acids is 1. The summed E-state index contributed by atoms with van der Waals surface area (Å²) in [4.78, 5) is 51.6. The fourth-order valence-electron chi connectivity index (χ4n) is 3.45. The first-order valence-electron chi connectivity index (χ1n) is 8.58. The number of imide groups is 1. The van der Waals surface area contributed by atoms with E-state index in [1.807, 2.05) is 0 Å². The van der Waals surface area contributed by atoms with Gasteiger partial charge >= 0.3 is 18.0 Å². The molecule has 9 heteroatoms. The minimum Gasteiger partial charge on any atom is -0.476 e. The number of carbonyl (C=O) groups is 4. The minimum absolute atomic E-state index is 0.101. The van der Waals surface area contributed by atoms with Gasteiger partial charge in [0, 0.05) is 18.6 Å². The Hall–Kier alpha value is -1.45. The molecule has 0 spiro atoms. The van der Waals surface area contributed by atoms with Crippen LogP contribution in [0.5, 0.6) is 0 Å². The molecule has 1 fully saturated rings. The molecule has 26 heavy (non-hydrogen) atoms. The summed E-state index contributed by atoms with van der Waals surface area (Å²) in [6.45, 7) is 7.60. The summed E-state index contributed by atoms with van der Waals surface area (Å²) in [5.74, 6) is -3.73. The summed E-state index contributed by atoms with van der Waals surface area (Å²) in [6.07, 6.45) is -0.993. The average Bonchev–Trinajstić information content (AvgIpc) is 2.93. The van der Waals surface area contributed by atoms with Gasteiger partial charge in [0.2, 0.25) is 5.78 Å².